The lowest BCUT2D eigenvalue weighted by molar-refractivity contribution is -0.359. The predicted octanol–water partition coefficient (Wildman–Crippen LogP) is 4.94. The largest absolute Gasteiger partial charge is 0.559 e. The molecule has 0 aromatic heterocycles. The van der Waals surface area contributed by atoms with Gasteiger partial charge in [0.2, 0.25) is 0 Å². The van der Waals surface area contributed by atoms with Crippen LogP contribution in [0.15, 0.2) is 0 Å². The number of alkyl halides is 11. The van der Waals surface area contributed by atoms with Gasteiger partial charge in [-0.2, -0.15) is 30.7 Å². The van der Waals surface area contributed by atoms with E-state index in [9.17, 15) is 48.3 Å². The minimum atomic E-state index is -5.50. The number of hydrogen-bond donors (Lipinski definition) is 0. The Hall–Kier alpha value is -0.753. The molecule has 0 saturated carbocycles. The number of hydrogen-bond acceptors (Lipinski definition) is 5. The van der Waals surface area contributed by atoms with E-state index in [4.69, 9.17) is 13.3 Å². The summed E-state index contributed by atoms with van der Waals surface area (Å²) < 4.78 is 150. The molecule has 0 rings (SSSR count). The fourth-order valence-electron chi connectivity index (χ4n) is 1.63. The predicted molar refractivity (Wildman–Crippen MR) is 80.7 cm³/mol. The molecule has 0 heterocycles. The summed E-state index contributed by atoms with van der Waals surface area (Å²) in [4.78, 5) is 0. The highest BCUT2D eigenvalue weighted by Gasteiger charge is 2.58. The molecule has 0 aromatic carbocycles. The molecule has 0 aromatic rings. The van der Waals surface area contributed by atoms with Crippen molar-refractivity contribution >= 4 is 8.80 Å². The van der Waals surface area contributed by atoms with E-state index < -0.39 is 53.1 Å². The Kier molecular flexibility index (Phi) is 13.6. The van der Waals surface area contributed by atoms with E-state index in [-0.39, 0.29) is 19.1 Å². The van der Waals surface area contributed by atoms with Gasteiger partial charge in [-0.3, -0.25) is 0 Å². The normalized spacial score (nSPS) is 13.8. The van der Waals surface area contributed by atoms with E-state index >= 15 is 0 Å². The zero-order valence-electron chi connectivity index (χ0n) is 15.9. The molecule has 0 unspecified atom stereocenters. The third-order valence-electron chi connectivity index (χ3n) is 3.08. The maximum absolute atomic E-state index is 13.3. The molecule has 0 aliphatic heterocycles. The van der Waals surface area contributed by atoms with Crippen molar-refractivity contribution in [3.8, 4) is 0 Å². The van der Waals surface area contributed by atoms with Crippen molar-refractivity contribution in [2.75, 3.05) is 41.2 Å². The van der Waals surface area contributed by atoms with E-state index in [0.717, 1.165) is 0 Å². The third kappa shape index (κ3) is 15.1. The Morgan fingerprint density at radius 2 is 1.13 bits per heavy atom. The van der Waals surface area contributed by atoms with E-state index in [0.29, 0.717) is 0 Å². The summed E-state index contributed by atoms with van der Waals surface area (Å²) in [7, 11) is 1.09. The fraction of sp³-hybridized carbons (Fsp3) is 1.00. The van der Waals surface area contributed by atoms with Crippen LogP contribution in [0, 0.1) is 0 Å². The van der Waals surface area contributed by atoms with E-state index in [1.165, 1.54) is 21.3 Å². The summed E-state index contributed by atoms with van der Waals surface area (Å²) in [6.07, 6.45) is -17.0. The lowest BCUT2D eigenvalue weighted by Gasteiger charge is -2.26. The number of rotatable bonds is 13. The molecule has 184 valence electrons. The van der Waals surface area contributed by atoms with Gasteiger partial charge < -0.3 is 22.8 Å². The SMILES string of the molecule is CO[Si](CCCOCC(F)(F)C(F)(F)OCCC(F)(F)F)(OC)OC.FC(F)(F)F. The van der Waals surface area contributed by atoms with Crippen LogP contribution in [0.4, 0.5) is 48.3 Å². The quantitative estimate of drug-likeness (QED) is 0.206. The first kappa shape index (κ1) is 31.4. The Morgan fingerprint density at radius 1 is 0.700 bits per heavy atom. The van der Waals surface area contributed by atoms with Crippen LogP contribution in [-0.4, -0.2) is 74.6 Å². The summed E-state index contributed by atoms with van der Waals surface area (Å²) in [5, 5.41) is 0. The molecule has 0 N–H and O–H groups in total. The molecule has 0 bridgehead atoms. The molecule has 0 atom stereocenters. The minimum absolute atomic E-state index is 0.123. The zero-order valence-corrected chi connectivity index (χ0v) is 16.9. The van der Waals surface area contributed by atoms with E-state index in [2.05, 4.69) is 9.47 Å². The monoisotopic (exact) mass is 494 g/mol. The van der Waals surface area contributed by atoms with Crippen molar-refractivity contribution in [2.45, 2.75) is 43.5 Å². The van der Waals surface area contributed by atoms with Gasteiger partial charge in [0.1, 0.15) is 6.61 Å². The average molecular weight is 494 g/mol. The summed E-state index contributed by atoms with van der Waals surface area (Å²) in [6.45, 7) is -3.64. The summed E-state index contributed by atoms with van der Waals surface area (Å²) in [6, 6.07) is 0.195. The topological polar surface area (TPSA) is 46.2 Å². The van der Waals surface area contributed by atoms with Crippen molar-refractivity contribution < 1.29 is 71.0 Å². The van der Waals surface area contributed by atoms with Gasteiger partial charge in [-0.15, -0.1) is 17.6 Å². The smallest absolute Gasteiger partial charge is 0.377 e. The van der Waals surface area contributed by atoms with Crippen LogP contribution in [0.3, 0.4) is 0 Å². The molecule has 0 amide bonds. The van der Waals surface area contributed by atoms with Crippen molar-refractivity contribution in [3.63, 3.8) is 0 Å². The Balaban J connectivity index is 0. The minimum Gasteiger partial charge on any atom is -0.377 e. The molecule has 5 nitrogen and oxygen atoms in total. The van der Waals surface area contributed by atoms with Crippen LogP contribution >= 0.6 is 0 Å². The van der Waals surface area contributed by atoms with Gasteiger partial charge in [0.25, 0.3) is 0 Å². The van der Waals surface area contributed by atoms with Crippen molar-refractivity contribution in [1.29, 1.82) is 0 Å². The standard InChI is InChI=1S/C12H21F7O5Si.CF4/c1-20-25(21-2,22-3)8-4-6-23-9-10(13,14)12(18,19)24-7-5-11(15,16)17;2-1(3,4)5/h4-9H2,1-3H3;. The number of ether oxygens (including phenoxy) is 2. The summed E-state index contributed by atoms with van der Waals surface area (Å²) >= 11 is 0. The van der Waals surface area contributed by atoms with Crippen LogP contribution in [0.5, 0.6) is 0 Å². The molecule has 30 heavy (non-hydrogen) atoms. The first-order chi connectivity index (χ1) is 13.3. The zero-order chi connectivity index (χ0) is 24.3. The van der Waals surface area contributed by atoms with Gasteiger partial charge in [0.15, 0.2) is 0 Å². The second-order valence-electron chi connectivity index (χ2n) is 5.31. The molecule has 0 radical (unpaired) electrons. The number of halogens is 11. The maximum Gasteiger partial charge on any atom is 0.559 e. The Morgan fingerprint density at radius 3 is 1.50 bits per heavy atom. The van der Waals surface area contributed by atoms with Crippen LogP contribution < -0.4 is 0 Å². The second-order valence-corrected chi connectivity index (χ2v) is 8.41. The Bertz CT molecular complexity index is 441. The van der Waals surface area contributed by atoms with Crippen LogP contribution in [0.25, 0.3) is 0 Å². The second kappa shape index (κ2) is 12.9. The highest BCUT2D eigenvalue weighted by atomic mass is 28.4. The van der Waals surface area contributed by atoms with Crippen LogP contribution in [-0.2, 0) is 22.8 Å². The van der Waals surface area contributed by atoms with Crippen LogP contribution in [0.2, 0.25) is 6.04 Å². The first-order valence-electron chi connectivity index (χ1n) is 7.80. The van der Waals surface area contributed by atoms with Gasteiger partial charge in [-0.1, -0.05) is 0 Å². The first-order valence-corrected chi connectivity index (χ1v) is 9.73. The molecule has 0 aliphatic carbocycles. The van der Waals surface area contributed by atoms with E-state index in [1.807, 2.05) is 0 Å². The van der Waals surface area contributed by atoms with Crippen LogP contribution in [0.1, 0.15) is 12.8 Å². The fourth-order valence-corrected chi connectivity index (χ4v) is 3.32. The van der Waals surface area contributed by atoms with Crippen molar-refractivity contribution in [3.05, 3.63) is 0 Å². The highest BCUT2D eigenvalue weighted by Crippen LogP contribution is 2.36. The van der Waals surface area contributed by atoms with Gasteiger partial charge >= 0.3 is 33.4 Å². The van der Waals surface area contributed by atoms with Crippen molar-refractivity contribution in [2.24, 2.45) is 0 Å². The molecule has 0 fully saturated rings. The highest BCUT2D eigenvalue weighted by molar-refractivity contribution is 6.60. The Labute approximate surface area is 165 Å². The molecule has 0 saturated heterocycles. The van der Waals surface area contributed by atoms with Crippen molar-refractivity contribution in [1.82, 2.24) is 0 Å². The molecule has 0 aliphatic rings. The van der Waals surface area contributed by atoms with E-state index in [1.54, 1.807) is 0 Å². The summed E-state index contributed by atoms with van der Waals surface area (Å²) in [5.74, 6) is -4.78. The average Bonchev–Trinajstić information content (AvgIpc) is 2.55. The third-order valence-corrected chi connectivity index (χ3v) is 5.91. The van der Waals surface area contributed by atoms with Gasteiger partial charge in [0, 0.05) is 34.0 Å². The molecule has 17 heteroatoms. The lowest BCUT2D eigenvalue weighted by Crippen LogP contribution is -2.47. The molecule has 0 spiro atoms. The van der Waals surface area contributed by atoms with Gasteiger partial charge in [0.05, 0.1) is 13.0 Å². The van der Waals surface area contributed by atoms with Gasteiger partial charge in [-0.05, 0) is 6.42 Å². The van der Waals surface area contributed by atoms with Gasteiger partial charge in [-0.25, -0.2) is 0 Å². The molecular formula is C13H21F11O5Si. The summed E-state index contributed by atoms with van der Waals surface area (Å²) in [5.41, 5.74) is 0. The lowest BCUT2D eigenvalue weighted by atomic mass is 10.3. The molecular weight excluding hydrogens is 473 g/mol. The maximum atomic E-state index is 13.3.